The number of carboxylic acids is 1. The van der Waals surface area contributed by atoms with Gasteiger partial charge in [-0.1, -0.05) is 0 Å². The molecular formula is C13H9NO4. The van der Waals surface area contributed by atoms with Crippen molar-refractivity contribution in [2.75, 3.05) is 7.11 Å². The first-order chi connectivity index (χ1) is 8.67. The molecule has 3 rings (SSSR count). The van der Waals surface area contributed by atoms with Gasteiger partial charge in [0.25, 0.3) is 0 Å². The van der Waals surface area contributed by atoms with Crippen LogP contribution < -0.4 is 4.74 Å². The Morgan fingerprint density at radius 3 is 2.83 bits per heavy atom. The van der Waals surface area contributed by atoms with E-state index in [2.05, 4.69) is 4.98 Å². The second kappa shape index (κ2) is 3.73. The summed E-state index contributed by atoms with van der Waals surface area (Å²) in [5.41, 5.74) is 1.06. The molecule has 1 aromatic carbocycles. The van der Waals surface area contributed by atoms with Gasteiger partial charge >= 0.3 is 5.97 Å². The van der Waals surface area contributed by atoms with Crippen LogP contribution in [0.1, 0.15) is 10.6 Å². The number of methoxy groups -OCH3 is 1. The van der Waals surface area contributed by atoms with E-state index in [-0.39, 0.29) is 5.76 Å². The van der Waals surface area contributed by atoms with Crippen LogP contribution in [0.3, 0.4) is 0 Å². The molecule has 0 unspecified atom stereocenters. The predicted molar refractivity (Wildman–Crippen MR) is 65.0 cm³/mol. The molecule has 0 aliphatic rings. The molecular weight excluding hydrogens is 234 g/mol. The summed E-state index contributed by atoms with van der Waals surface area (Å²) in [4.78, 5) is 15.1. The van der Waals surface area contributed by atoms with Crippen molar-refractivity contribution in [3.8, 4) is 5.75 Å². The second-order valence-corrected chi connectivity index (χ2v) is 3.86. The second-order valence-electron chi connectivity index (χ2n) is 3.86. The number of aromatic nitrogens is 1. The van der Waals surface area contributed by atoms with Gasteiger partial charge in [-0.3, -0.25) is 0 Å². The minimum atomic E-state index is -1.10. The zero-order chi connectivity index (χ0) is 12.7. The van der Waals surface area contributed by atoms with E-state index in [0.29, 0.717) is 11.1 Å². The maximum Gasteiger partial charge on any atom is 0.371 e. The standard InChI is InChI=1S/C13H9NO4/c1-17-9-2-3-10-7(5-9)4-8-6-11(13(15)16)18-12(8)14-10/h2-6H,1H3,(H,15,16). The summed E-state index contributed by atoms with van der Waals surface area (Å²) in [5, 5.41) is 10.4. The van der Waals surface area contributed by atoms with Crippen LogP contribution in [-0.2, 0) is 0 Å². The van der Waals surface area contributed by atoms with E-state index in [9.17, 15) is 4.79 Å². The van der Waals surface area contributed by atoms with Crippen molar-refractivity contribution in [3.63, 3.8) is 0 Å². The maximum atomic E-state index is 10.8. The molecule has 5 nitrogen and oxygen atoms in total. The topological polar surface area (TPSA) is 72.6 Å². The fraction of sp³-hybridized carbons (Fsp3) is 0.0769. The highest BCUT2D eigenvalue weighted by molar-refractivity contribution is 5.95. The Balaban J connectivity index is 2.29. The van der Waals surface area contributed by atoms with Gasteiger partial charge < -0.3 is 14.3 Å². The van der Waals surface area contributed by atoms with E-state index in [0.717, 1.165) is 16.7 Å². The van der Waals surface area contributed by atoms with Crippen LogP contribution in [-0.4, -0.2) is 23.2 Å². The summed E-state index contributed by atoms with van der Waals surface area (Å²) in [6, 6.07) is 8.73. The summed E-state index contributed by atoms with van der Waals surface area (Å²) in [5.74, 6) is -0.486. The molecule has 0 aliphatic carbocycles. The van der Waals surface area contributed by atoms with E-state index < -0.39 is 5.97 Å². The van der Waals surface area contributed by atoms with Gasteiger partial charge in [-0.05, 0) is 24.3 Å². The number of hydrogen-bond acceptors (Lipinski definition) is 4. The van der Waals surface area contributed by atoms with Gasteiger partial charge in [0.1, 0.15) is 5.75 Å². The van der Waals surface area contributed by atoms with E-state index in [1.165, 1.54) is 6.07 Å². The fourth-order valence-corrected chi connectivity index (χ4v) is 1.85. The molecule has 18 heavy (non-hydrogen) atoms. The minimum absolute atomic E-state index is 0.111. The first kappa shape index (κ1) is 10.6. The average Bonchev–Trinajstić information content (AvgIpc) is 2.78. The Kier molecular flexibility index (Phi) is 2.19. The van der Waals surface area contributed by atoms with Gasteiger partial charge in [-0.2, -0.15) is 0 Å². The molecule has 0 saturated carbocycles. The summed E-state index contributed by atoms with van der Waals surface area (Å²) in [7, 11) is 1.59. The molecule has 0 atom stereocenters. The molecule has 2 aromatic heterocycles. The smallest absolute Gasteiger partial charge is 0.371 e. The van der Waals surface area contributed by atoms with Crippen molar-refractivity contribution in [2.45, 2.75) is 0 Å². The van der Waals surface area contributed by atoms with Gasteiger partial charge in [-0.25, -0.2) is 9.78 Å². The molecule has 0 bridgehead atoms. The van der Waals surface area contributed by atoms with Crippen LogP contribution >= 0.6 is 0 Å². The minimum Gasteiger partial charge on any atom is -0.497 e. The van der Waals surface area contributed by atoms with Crippen LogP contribution in [0.5, 0.6) is 5.75 Å². The lowest BCUT2D eigenvalue weighted by molar-refractivity contribution is 0.0664. The quantitative estimate of drug-likeness (QED) is 0.749. The summed E-state index contributed by atoms with van der Waals surface area (Å²) < 4.78 is 10.3. The first-order valence-corrected chi connectivity index (χ1v) is 5.29. The molecule has 0 radical (unpaired) electrons. The van der Waals surface area contributed by atoms with Crippen LogP contribution in [0.4, 0.5) is 0 Å². The van der Waals surface area contributed by atoms with Crippen molar-refractivity contribution in [1.29, 1.82) is 0 Å². The first-order valence-electron chi connectivity index (χ1n) is 5.29. The summed E-state index contributed by atoms with van der Waals surface area (Å²) in [6.45, 7) is 0. The van der Waals surface area contributed by atoms with Crippen LogP contribution in [0.15, 0.2) is 34.7 Å². The molecule has 90 valence electrons. The fourth-order valence-electron chi connectivity index (χ4n) is 1.85. The van der Waals surface area contributed by atoms with Crippen molar-refractivity contribution >= 4 is 28.0 Å². The lowest BCUT2D eigenvalue weighted by atomic mass is 10.2. The van der Waals surface area contributed by atoms with Gasteiger partial charge in [0.2, 0.25) is 11.5 Å². The number of carboxylic acid groups (broad SMARTS) is 1. The van der Waals surface area contributed by atoms with Gasteiger partial charge in [0.15, 0.2) is 0 Å². The maximum absolute atomic E-state index is 10.8. The number of fused-ring (bicyclic) bond motifs is 2. The number of benzene rings is 1. The van der Waals surface area contributed by atoms with E-state index in [4.69, 9.17) is 14.3 Å². The summed E-state index contributed by atoms with van der Waals surface area (Å²) in [6.07, 6.45) is 0. The molecule has 2 heterocycles. The van der Waals surface area contributed by atoms with Crippen molar-refractivity contribution in [1.82, 2.24) is 4.98 Å². The number of ether oxygens (including phenoxy) is 1. The molecule has 5 heteroatoms. The molecule has 0 fully saturated rings. The van der Waals surface area contributed by atoms with Gasteiger partial charge in [0, 0.05) is 16.8 Å². The molecule has 1 N–H and O–H groups in total. The Bertz CT molecular complexity index is 760. The Morgan fingerprint density at radius 1 is 1.28 bits per heavy atom. The third-order valence-corrected chi connectivity index (χ3v) is 2.72. The number of aromatic carboxylic acids is 1. The molecule has 0 amide bonds. The average molecular weight is 243 g/mol. The normalized spacial score (nSPS) is 10.9. The Morgan fingerprint density at radius 2 is 2.11 bits per heavy atom. The zero-order valence-corrected chi connectivity index (χ0v) is 9.51. The number of carbonyl (C=O) groups is 1. The largest absolute Gasteiger partial charge is 0.497 e. The zero-order valence-electron chi connectivity index (χ0n) is 9.51. The SMILES string of the molecule is COc1ccc2nc3oc(C(=O)O)cc3cc2c1. The number of pyridine rings is 1. The number of hydrogen-bond donors (Lipinski definition) is 1. The van der Waals surface area contributed by atoms with Gasteiger partial charge in [-0.15, -0.1) is 0 Å². The van der Waals surface area contributed by atoms with Crippen LogP contribution in [0.25, 0.3) is 22.0 Å². The monoisotopic (exact) mass is 243 g/mol. The van der Waals surface area contributed by atoms with E-state index in [1.54, 1.807) is 19.2 Å². The number of rotatable bonds is 2. The summed E-state index contributed by atoms with van der Waals surface area (Å²) >= 11 is 0. The lowest BCUT2D eigenvalue weighted by Gasteiger charge is -2.01. The van der Waals surface area contributed by atoms with Crippen molar-refractivity contribution < 1.29 is 19.1 Å². The molecule has 0 aliphatic heterocycles. The van der Waals surface area contributed by atoms with Gasteiger partial charge in [0.05, 0.1) is 12.6 Å². The lowest BCUT2D eigenvalue weighted by Crippen LogP contribution is -1.91. The highest BCUT2D eigenvalue weighted by atomic mass is 16.5. The Hall–Kier alpha value is -2.56. The highest BCUT2D eigenvalue weighted by Crippen LogP contribution is 2.25. The Labute approximate surface area is 102 Å². The van der Waals surface area contributed by atoms with Crippen molar-refractivity contribution in [2.24, 2.45) is 0 Å². The van der Waals surface area contributed by atoms with E-state index in [1.807, 2.05) is 12.1 Å². The van der Waals surface area contributed by atoms with Crippen molar-refractivity contribution in [3.05, 3.63) is 36.1 Å². The third-order valence-electron chi connectivity index (χ3n) is 2.72. The highest BCUT2D eigenvalue weighted by Gasteiger charge is 2.12. The predicted octanol–water partition coefficient (Wildman–Crippen LogP) is 2.69. The van der Waals surface area contributed by atoms with Crippen LogP contribution in [0, 0.1) is 0 Å². The van der Waals surface area contributed by atoms with Crippen LogP contribution in [0.2, 0.25) is 0 Å². The molecule has 0 spiro atoms. The number of furan rings is 1. The number of nitrogens with zero attached hydrogens (tertiary/aromatic N) is 1. The molecule has 0 saturated heterocycles. The van der Waals surface area contributed by atoms with E-state index >= 15 is 0 Å². The molecule has 3 aromatic rings. The third kappa shape index (κ3) is 1.57.